The van der Waals surface area contributed by atoms with Crippen LogP contribution in [0.25, 0.3) is 11.0 Å². The van der Waals surface area contributed by atoms with Crippen molar-refractivity contribution in [2.75, 3.05) is 30.5 Å². The van der Waals surface area contributed by atoms with Crippen LogP contribution in [0.15, 0.2) is 48.5 Å². The van der Waals surface area contributed by atoms with Gasteiger partial charge in [-0.1, -0.05) is 36.4 Å². The summed E-state index contributed by atoms with van der Waals surface area (Å²) in [5.74, 6) is -0.791. The summed E-state index contributed by atoms with van der Waals surface area (Å²) in [5.41, 5.74) is 1.86. The molecule has 31 heavy (non-hydrogen) atoms. The van der Waals surface area contributed by atoms with Crippen molar-refractivity contribution in [1.29, 1.82) is 0 Å². The summed E-state index contributed by atoms with van der Waals surface area (Å²) in [6, 6.07) is 15.4. The quantitative estimate of drug-likeness (QED) is 0.550. The van der Waals surface area contributed by atoms with Gasteiger partial charge in [0.05, 0.1) is 17.4 Å². The van der Waals surface area contributed by atoms with Gasteiger partial charge in [-0.3, -0.25) is 14.5 Å². The van der Waals surface area contributed by atoms with Gasteiger partial charge in [-0.2, -0.15) is 8.75 Å². The minimum Gasteiger partial charge on any atom is -0.381 e. The molecule has 0 radical (unpaired) electrons. The number of benzene rings is 2. The maximum Gasteiger partial charge on any atom is 0.246 e. The molecule has 4 rings (SSSR count). The van der Waals surface area contributed by atoms with E-state index in [2.05, 4.69) is 14.1 Å². The molecule has 7 nitrogen and oxygen atoms in total. The lowest BCUT2D eigenvalue weighted by atomic mass is 9.85. The molecule has 1 aliphatic rings. The standard InChI is InChI=1S/C22H23ClN4O3S/c23-15-19(28)27(18-8-4-7-17-20(18)26-31-25-17)22(10-13-30-14-11-22)21(29)24-12-9-16-5-2-1-3-6-16/h1-8H,9-15H2,(H,24,29). The molecule has 0 unspecified atom stereocenters. The molecule has 1 aliphatic heterocycles. The van der Waals surface area contributed by atoms with Crippen molar-refractivity contribution in [2.24, 2.45) is 0 Å². The lowest BCUT2D eigenvalue weighted by molar-refractivity contribution is -0.133. The fraction of sp³-hybridized carbons (Fsp3) is 0.364. The second-order valence-corrected chi connectivity index (χ2v) is 8.20. The van der Waals surface area contributed by atoms with Crippen molar-refractivity contribution in [3.8, 4) is 0 Å². The Morgan fingerprint density at radius 3 is 2.61 bits per heavy atom. The lowest BCUT2D eigenvalue weighted by Crippen LogP contribution is -2.64. The van der Waals surface area contributed by atoms with E-state index < -0.39 is 5.54 Å². The Hall–Kier alpha value is -2.55. The molecule has 1 N–H and O–H groups in total. The van der Waals surface area contributed by atoms with Crippen LogP contribution in [-0.2, 0) is 20.7 Å². The van der Waals surface area contributed by atoms with Crippen LogP contribution in [0.2, 0.25) is 0 Å². The molecule has 2 aromatic carbocycles. The van der Waals surface area contributed by atoms with E-state index in [0.717, 1.165) is 17.3 Å². The second kappa shape index (κ2) is 9.72. The van der Waals surface area contributed by atoms with Crippen molar-refractivity contribution < 1.29 is 14.3 Å². The third kappa shape index (κ3) is 4.42. The number of hydrogen-bond donors (Lipinski definition) is 1. The van der Waals surface area contributed by atoms with E-state index in [9.17, 15) is 9.59 Å². The van der Waals surface area contributed by atoms with Gasteiger partial charge in [-0.05, 0) is 24.1 Å². The third-order valence-corrected chi connectivity index (χ3v) is 6.35. The van der Waals surface area contributed by atoms with Crippen molar-refractivity contribution in [3.05, 3.63) is 54.1 Å². The first-order valence-electron chi connectivity index (χ1n) is 10.2. The number of alkyl halides is 1. The van der Waals surface area contributed by atoms with Crippen LogP contribution in [0, 0.1) is 0 Å². The molecule has 0 bridgehead atoms. The summed E-state index contributed by atoms with van der Waals surface area (Å²) in [5, 5.41) is 3.05. The van der Waals surface area contributed by atoms with Crippen molar-refractivity contribution in [1.82, 2.24) is 14.1 Å². The van der Waals surface area contributed by atoms with Gasteiger partial charge < -0.3 is 10.1 Å². The van der Waals surface area contributed by atoms with Gasteiger partial charge >= 0.3 is 0 Å². The summed E-state index contributed by atoms with van der Waals surface area (Å²) in [6.45, 7) is 1.23. The number of ether oxygens (including phenoxy) is 1. The summed E-state index contributed by atoms with van der Waals surface area (Å²) in [6.07, 6.45) is 1.45. The summed E-state index contributed by atoms with van der Waals surface area (Å²) < 4.78 is 14.2. The highest BCUT2D eigenvalue weighted by Gasteiger charge is 2.48. The zero-order valence-electron chi connectivity index (χ0n) is 16.9. The number of nitrogens with one attached hydrogen (secondary N) is 1. The highest BCUT2D eigenvalue weighted by Crippen LogP contribution is 2.37. The van der Waals surface area contributed by atoms with Crippen LogP contribution in [0.1, 0.15) is 18.4 Å². The predicted molar refractivity (Wildman–Crippen MR) is 122 cm³/mol. The van der Waals surface area contributed by atoms with Crippen LogP contribution >= 0.6 is 23.3 Å². The third-order valence-electron chi connectivity index (χ3n) is 5.58. The van der Waals surface area contributed by atoms with Gasteiger partial charge in [-0.15, -0.1) is 11.6 Å². The van der Waals surface area contributed by atoms with Crippen LogP contribution < -0.4 is 10.2 Å². The van der Waals surface area contributed by atoms with E-state index in [1.54, 1.807) is 6.07 Å². The normalized spacial score (nSPS) is 15.5. The summed E-state index contributed by atoms with van der Waals surface area (Å²) >= 11 is 7.08. The minimum absolute atomic E-state index is 0.203. The van der Waals surface area contributed by atoms with Crippen molar-refractivity contribution >= 4 is 51.9 Å². The molecule has 9 heteroatoms. The van der Waals surface area contributed by atoms with Gasteiger partial charge in [0.2, 0.25) is 11.8 Å². The van der Waals surface area contributed by atoms with E-state index in [1.807, 2.05) is 42.5 Å². The molecule has 1 aromatic heterocycles. The fourth-order valence-electron chi connectivity index (χ4n) is 4.03. The van der Waals surface area contributed by atoms with E-state index in [0.29, 0.717) is 55.7 Å². The average Bonchev–Trinajstić information content (AvgIpc) is 3.30. The van der Waals surface area contributed by atoms with E-state index in [-0.39, 0.29) is 17.7 Å². The first-order valence-corrected chi connectivity index (χ1v) is 11.4. The Balaban J connectivity index is 1.67. The molecule has 162 valence electrons. The van der Waals surface area contributed by atoms with E-state index >= 15 is 0 Å². The topological polar surface area (TPSA) is 84.4 Å². The number of anilines is 1. The van der Waals surface area contributed by atoms with Gasteiger partial charge in [0.25, 0.3) is 0 Å². The van der Waals surface area contributed by atoms with Gasteiger partial charge in [0.1, 0.15) is 22.5 Å². The predicted octanol–water partition coefficient (Wildman–Crippen LogP) is 3.17. The first-order chi connectivity index (χ1) is 15.2. The number of nitrogens with zero attached hydrogens (tertiary/aromatic N) is 3. The van der Waals surface area contributed by atoms with Crippen LogP contribution in [-0.4, -0.2) is 51.7 Å². The number of carbonyl (C=O) groups excluding carboxylic acids is 2. The molecule has 1 saturated heterocycles. The van der Waals surface area contributed by atoms with Gasteiger partial charge in [0.15, 0.2) is 0 Å². The average molecular weight is 459 g/mol. The number of hydrogen-bond acceptors (Lipinski definition) is 6. The number of halogens is 1. The molecule has 0 aliphatic carbocycles. The van der Waals surface area contributed by atoms with Gasteiger partial charge in [-0.25, -0.2) is 0 Å². The molecule has 2 amide bonds. The van der Waals surface area contributed by atoms with Crippen LogP contribution in [0.4, 0.5) is 5.69 Å². The molecule has 2 heterocycles. The summed E-state index contributed by atoms with van der Waals surface area (Å²) in [7, 11) is 0. The smallest absolute Gasteiger partial charge is 0.246 e. The molecule has 0 saturated carbocycles. The second-order valence-electron chi connectivity index (χ2n) is 7.41. The Labute approximate surface area is 189 Å². The number of aromatic nitrogens is 2. The molecular formula is C22H23ClN4O3S. The molecule has 1 fully saturated rings. The monoisotopic (exact) mass is 458 g/mol. The Kier molecular flexibility index (Phi) is 6.80. The number of carbonyl (C=O) groups is 2. The Morgan fingerprint density at radius 1 is 1.10 bits per heavy atom. The molecule has 0 atom stereocenters. The molecular weight excluding hydrogens is 436 g/mol. The van der Waals surface area contributed by atoms with Crippen molar-refractivity contribution in [2.45, 2.75) is 24.8 Å². The SMILES string of the molecule is O=C(CCl)N(c1cccc2nsnc12)C1(C(=O)NCCc2ccccc2)CCOCC1. The number of fused-ring (bicyclic) bond motifs is 1. The van der Waals surface area contributed by atoms with Crippen molar-refractivity contribution in [3.63, 3.8) is 0 Å². The minimum atomic E-state index is -1.10. The fourth-order valence-corrected chi connectivity index (χ4v) is 4.69. The maximum absolute atomic E-state index is 13.6. The highest BCUT2D eigenvalue weighted by molar-refractivity contribution is 7.00. The summed E-state index contributed by atoms with van der Waals surface area (Å²) in [4.78, 5) is 28.2. The Bertz CT molecular complexity index is 1050. The number of rotatable bonds is 7. The first kappa shape index (κ1) is 21.7. The van der Waals surface area contributed by atoms with Crippen LogP contribution in [0.3, 0.4) is 0 Å². The Morgan fingerprint density at radius 2 is 1.87 bits per heavy atom. The largest absolute Gasteiger partial charge is 0.381 e. The zero-order valence-corrected chi connectivity index (χ0v) is 18.5. The number of amides is 2. The maximum atomic E-state index is 13.6. The van der Waals surface area contributed by atoms with Gasteiger partial charge in [0, 0.05) is 32.6 Å². The zero-order chi connectivity index (χ0) is 21.7. The van der Waals surface area contributed by atoms with E-state index in [4.69, 9.17) is 16.3 Å². The molecule has 0 spiro atoms. The van der Waals surface area contributed by atoms with Crippen LogP contribution in [0.5, 0.6) is 0 Å². The highest BCUT2D eigenvalue weighted by atomic mass is 35.5. The molecule has 3 aromatic rings. The lowest BCUT2D eigenvalue weighted by Gasteiger charge is -2.44. The van der Waals surface area contributed by atoms with E-state index in [1.165, 1.54) is 4.90 Å².